The van der Waals surface area contributed by atoms with Crippen molar-refractivity contribution in [3.05, 3.63) is 0 Å². The molecule has 1 heterocycles. The molecule has 1 N–H and O–H groups in total. The first kappa shape index (κ1) is 9.05. The Morgan fingerprint density at radius 2 is 1.91 bits per heavy atom. The van der Waals surface area contributed by atoms with E-state index in [9.17, 15) is 0 Å². The zero-order chi connectivity index (χ0) is 8.16. The fourth-order valence-electron chi connectivity index (χ4n) is 1.83. The topological polar surface area (TPSA) is 12.0 Å². The van der Waals surface area contributed by atoms with Crippen LogP contribution in [0.5, 0.6) is 0 Å². The van der Waals surface area contributed by atoms with Gasteiger partial charge >= 0.3 is 0 Å². The van der Waals surface area contributed by atoms with Crippen LogP contribution in [0.2, 0.25) is 0 Å². The van der Waals surface area contributed by atoms with Gasteiger partial charge in [-0.1, -0.05) is 33.1 Å². The third-order valence-corrected chi connectivity index (χ3v) is 3.06. The highest BCUT2D eigenvalue weighted by atomic mass is 15.0. The van der Waals surface area contributed by atoms with Gasteiger partial charge in [-0.25, -0.2) is 0 Å². The molecule has 0 aromatic rings. The first-order valence-electron chi connectivity index (χ1n) is 5.04. The summed E-state index contributed by atoms with van der Waals surface area (Å²) in [5.74, 6) is 0. The van der Waals surface area contributed by atoms with Crippen LogP contribution in [-0.2, 0) is 0 Å². The highest BCUT2D eigenvalue weighted by Gasteiger charge is 2.33. The van der Waals surface area contributed by atoms with E-state index in [0.717, 1.165) is 0 Å². The van der Waals surface area contributed by atoms with Gasteiger partial charge in [-0.15, -0.1) is 0 Å². The minimum absolute atomic E-state index is 0.704. The van der Waals surface area contributed by atoms with Crippen LogP contribution in [0.3, 0.4) is 0 Å². The van der Waals surface area contributed by atoms with Crippen molar-refractivity contribution in [3.8, 4) is 0 Å². The van der Waals surface area contributed by atoms with Crippen LogP contribution in [0, 0.1) is 5.41 Å². The molecule has 0 aromatic carbocycles. The summed E-state index contributed by atoms with van der Waals surface area (Å²) in [4.78, 5) is 0. The molecule has 1 aliphatic heterocycles. The number of hydrogen-bond donors (Lipinski definition) is 1. The van der Waals surface area contributed by atoms with E-state index >= 15 is 0 Å². The van der Waals surface area contributed by atoms with Crippen molar-refractivity contribution in [3.63, 3.8) is 0 Å². The number of rotatable bonds is 5. The van der Waals surface area contributed by atoms with Gasteiger partial charge in [0.2, 0.25) is 0 Å². The van der Waals surface area contributed by atoms with E-state index in [4.69, 9.17) is 0 Å². The average molecular weight is 155 g/mol. The molecule has 0 amide bonds. The van der Waals surface area contributed by atoms with Crippen molar-refractivity contribution < 1.29 is 0 Å². The number of nitrogens with one attached hydrogen (secondary N) is 1. The van der Waals surface area contributed by atoms with Crippen LogP contribution in [0.1, 0.15) is 46.0 Å². The lowest BCUT2D eigenvalue weighted by Gasteiger charge is -2.42. The van der Waals surface area contributed by atoms with Crippen molar-refractivity contribution in [1.29, 1.82) is 0 Å². The van der Waals surface area contributed by atoms with Gasteiger partial charge in [0.25, 0.3) is 0 Å². The van der Waals surface area contributed by atoms with Crippen LogP contribution in [0.4, 0.5) is 0 Å². The van der Waals surface area contributed by atoms with E-state index in [0.29, 0.717) is 5.41 Å². The fourth-order valence-corrected chi connectivity index (χ4v) is 1.83. The third kappa shape index (κ3) is 2.19. The van der Waals surface area contributed by atoms with Crippen molar-refractivity contribution in [2.75, 3.05) is 13.1 Å². The molecule has 11 heavy (non-hydrogen) atoms. The van der Waals surface area contributed by atoms with Gasteiger partial charge < -0.3 is 5.32 Å². The lowest BCUT2D eigenvalue weighted by atomic mass is 9.75. The normalized spacial score (nSPS) is 21.3. The summed E-state index contributed by atoms with van der Waals surface area (Å²) in [7, 11) is 0. The van der Waals surface area contributed by atoms with Crippen LogP contribution < -0.4 is 5.32 Å². The predicted molar refractivity (Wildman–Crippen MR) is 49.7 cm³/mol. The summed E-state index contributed by atoms with van der Waals surface area (Å²) in [6.07, 6.45) is 7.02. The summed E-state index contributed by atoms with van der Waals surface area (Å²) in [5, 5.41) is 3.38. The van der Waals surface area contributed by atoms with Gasteiger partial charge in [-0.2, -0.15) is 0 Å². The summed E-state index contributed by atoms with van der Waals surface area (Å²) in [6.45, 7) is 7.14. The third-order valence-electron chi connectivity index (χ3n) is 3.06. The quantitative estimate of drug-likeness (QED) is 0.602. The minimum atomic E-state index is 0.704. The Balaban J connectivity index is 2.11. The van der Waals surface area contributed by atoms with E-state index in [2.05, 4.69) is 19.2 Å². The molecule has 1 nitrogen and oxygen atoms in total. The van der Waals surface area contributed by atoms with E-state index in [1.165, 1.54) is 45.2 Å². The second kappa shape index (κ2) is 4.10. The highest BCUT2D eigenvalue weighted by molar-refractivity contribution is 4.90. The zero-order valence-corrected chi connectivity index (χ0v) is 7.95. The Kier molecular flexibility index (Phi) is 3.38. The molecule has 0 unspecified atom stereocenters. The van der Waals surface area contributed by atoms with E-state index < -0.39 is 0 Å². The Hall–Kier alpha value is -0.0400. The van der Waals surface area contributed by atoms with Crippen molar-refractivity contribution >= 4 is 0 Å². The second-order valence-electron chi connectivity index (χ2n) is 3.91. The molecule has 66 valence electrons. The van der Waals surface area contributed by atoms with Gasteiger partial charge in [-0.05, 0) is 18.3 Å². The first-order chi connectivity index (χ1) is 5.33. The monoisotopic (exact) mass is 155 g/mol. The molecule has 0 bridgehead atoms. The number of unbranched alkanes of at least 4 members (excludes halogenated alkanes) is 2. The average Bonchev–Trinajstić information content (AvgIpc) is 1.95. The zero-order valence-electron chi connectivity index (χ0n) is 7.95. The molecule has 1 saturated heterocycles. The van der Waals surface area contributed by atoms with Gasteiger partial charge in [0.1, 0.15) is 0 Å². The van der Waals surface area contributed by atoms with Gasteiger partial charge in [0.05, 0.1) is 0 Å². The Morgan fingerprint density at radius 1 is 1.18 bits per heavy atom. The van der Waals surface area contributed by atoms with Crippen molar-refractivity contribution in [1.82, 2.24) is 5.32 Å². The molecule has 1 heteroatoms. The predicted octanol–water partition coefficient (Wildman–Crippen LogP) is 2.57. The molecule has 0 saturated carbocycles. The SMILES string of the molecule is CCCCCC1(CC)CNC1. The summed E-state index contributed by atoms with van der Waals surface area (Å²) in [5.41, 5.74) is 0.704. The van der Waals surface area contributed by atoms with Crippen LogP contribution in [0.15, 0.2) is 0 Å². The summed E-state index contributed by atoms with van der Waals surface area (Å²) < 4.78 is 0. The van der Waals surface area contributed by atoms with Gasteiger partial charge in [0.15, 0.2) is 0 Å². The molecule has 0 radical (unpaired) electrons. The summed E-state index contributed by atoms with van der Waals surface area (Å²) in [6, 6.07) is 0. The molecule has 1 aliphatic rings. The lowest BCUT2D eigenvalue weighted by Crippen LogP contribution is -2.52. The molecular weight excluding hydrogens is 134 g/mol. The van der Waals surface area contributed by atoms with E-state index in [1.807, 2.05) is 0 Å². The largest absolute Gasteiger partial charge is 0.316 e. The van der Waals surface area contributed by atoms with Gasteiger partial charge in [-0.3, -0.25) is 0 Å². The first-order valence-corrected chi connectivity index (χ1v) is 5.04. The maximum atomic E-state index is 3.38. The van der Waals surface area contributed by atoms with E-state index in [-0.39, 0.29) is 0 Å². The number of hydrogen-bond acceptors (Lipinski definition) is 1. The Labute approximate surface area is 70.6 Å². The van der Waals surface area contributed by atoms with Crippen LogP contribution in [0.25, 0.3) is 0 Å². The molecule has 1 fully saturated rings. The second-order valence-corrected chi connectivity index (χ2v) is 3.91. The van der Waals surface area contributed by atoms with Crippen LogP contribution >= 0.6 is 0 Å². The van der Waals surface area contributed by atoms with Crippen LogP contribution in [-0.4, -0.2) is 13.1 Å². The van der Waals surface area contributed by atoms with E-state index in [1.54, 1.807) is 0 Å². The van der Waals surface area contributed by atoms with Crippen molar-refractivity contribution in [2.45, 2.75) is 46.0 Å². The Morgan fingerprint density at radius 3 is 2.27 bits per heavy atom. The maximum absolute atomic E-state index is 3.38. The standard InChI is InChI=1S/C10H21N/c1-3-5-6-7-10(4-2)8-11-9-10/h11H,3-9H2,1-2H3. The molecular formula is C10H21N. The molecule has 0 atom stereocenters. The lowest BCUT2D eigenvalue weighted by molar-refractivity contribution is 0.141. The molecule has 0 spiro atoms. The molecule has 0 aromatic heterocycles. The maximum Gasteiger partial charge on any atom is 0.00201 e. The van der Waals surface area contributed by atoms with Gasteiger partial charge in [0, 0.05) is 13.1 Å². The Bertz CT molecular complexity index is 99.9. The molecule has 0 aliphatic carbocycles. The molecule has 1 rings (SSSR count). The smallest absolute Gasteiger partial charge is 0.00201 e. The summed E-state index contributed by atoms with van der Waals surface area (Å²) >= 11 is 0. The minimum Gasteiger partial charge on any atom is -0.316 e. The van der Waals surface area contributed by atoms with Crippen molar-refractivity contribution in [2.24, 2.45) is 5.41 Å². The fraction of sp³-hybridized carbons (Fsp3) is 1.00. The highest BCUT2D eigenvalue weighted by Crippen LogP contribution is 2.32.